The van der Waals surface area contributed by atoms with Gasteiger partial charge in [-0.3, -0.25) is 0 Å². The maximum absolute atomic E-state index is 11.0. The van der Waals surface area contributed by atoms with Crippen LogP contribution in [0.5, 0.6) is 0 Å². The minimum atomic E-state index is -0.687. The fourth-order valence-corrected chi connectivity index (χ4v) is 3.82. The molecule has 1 aliphatic heterocycles. The summed E-state index contributed by atoms with van der Waals surface area (Å²) in [5.41, 5.74) is -0.696. The van der Waals surface area contributed by atoms with Crippen molar-refractivity contribution in [2.24, 2.45) is 11.3 Å². The van der Waals surface area contributed by atoms with Crippen molar-refractivity contribution >= 4 is 0 Å². The predicted molar refractivity (Wildman–Crippen MR) is 74.5 cm³/mol. The quantitative estimate of drug-likeness (QED) is 0.760. The first-order valence-corrected chi connectivity index (χ1v) is 7.30. The Morgan fingerprint density at radius 3 is 2.61 bits per heavy atom. The fourth-order valence-electron chi connectivity index (χ4n) is 3.82. The maximum atomic E-state index is 11.0. The Bertz CT molecular complexity index is 310. The van der Waals surface area contributed by atoms with Crippen LogP contribution in [0.25, 0.3) is 0 Å². The van der Waals surface area contributed by atoms with Crippen molar-refractivity contribution in [3.63, 3.8) is 0 Å². The van der Waals surface area contributed by atoms with E-state index >= 15 is 0 Å². The zero-order chi connectivity index (χ0) is 13.4. The van der Waals surface area contributed by atoms with Crippen molar-refractivity contribution in [1.82, 2.24) is 0 Å². The van der Waals surface area contributed by atoms with E-state index in [4.69, 9.17) is 4.74 Å². The van der Waals surface area contributed by atoms with Crippen LogP contribution in [-0.2, 0) is 4.74 Å². The van der Waals surface area contributed by atoms with Gasteiger partial charge in [-0.05, 0) is 49.9 Å². The molecule has 2 aliphatic rings. The van der Waals surface area contributed by atoms with E-state index in [0.29, 0.717) is 17.8 Å². The molecule has 2 rings (SSSR count). The molecule has 0 aromatic carbocycles. The van der Waals surface area contributed by atoms with Gasteiger partial charge in [-0.15, -0.1) is 6.58 Å². The first-order valence-electron chi connectivity index (χ1n) is 7.30. The largest absolute Gasteiger partial charge is 0.387 e. The third-order valence-electron chi connectivity index (χ3n) is 5.14. The molecule has 1 N–H and O–H groups in total. The molecule has 18 heavy (non-hydrogen) atoms. The zero-order valence-corrected chi connectivity index (χ0v) is 12.2. The van der Waals surface area contributed by atoms with Crippen LogP contribution in [0.1, 0.15) is 59.3 Å². The van der Waals surface area contributed by atoms with Crippen LogP contribution < -0.4 is 0 Å². The topological polar surface area (TPSA) is 29.5 Å². The van der Waals surface area contributed by atoms with E-state index in [9.17, 15) is 5.11 Å². The molecule has 2 nitrogen and oxygen atoms in total. The van der Waals surface area contributed by atoms with Crippen molar-refractivity contribution < 1.29 is 9.84 Å². The highest BCUT2D eigenvalue weighted by Gasteiger charge is 2.56. The molecule has 1 saturated carbocycles. The van der Waals surface area contributed by atoms with E-state index < -0.39 is 5.60 Å². The first-order chi connectivity index (χ1) is 8.33. The van der Waals surface area contributed by atoms with E-state index in [2.05, 4.69) is 27.4 Å². The lowest BCUT2D eigenvalue weighted by Gasteiger charge is -2.52. The van der Waals surface area contributed by atoms with Gasteiger partial charge in [-0.1, -0.05) is 26.8 Å². The van der Waals surface area contributed by atoms with Gasteiger partial charge in [0.1, 0.15) is 0 Å². The molecule has 1 heterocycles. The molecule has 0 aromatic rings. The third kappa shape index (κ3) is 2.25. The second-order valence-corrected chi connectivity index (χ2v) is 7.28. The zero-order valence-electron chi connectivity index (χ0n) is 12.2. The molecule has 104 valence electrons. The maximum Gasteiger partial charge on any atom is 0.0974 e. The van der Waals surface area contributed by atoms with Crippen LogP contribution in [0.4, 0.5) is 0 Å². The lowest BCUT2D eigenvalue weighted by molar-refractivity contribution is -0.197. The lowest BCUT2D eigenvalue weighted by Crippen LogP contribution is -2.58. The van der Waals surface area contributed by atoms with Gasteiger partial charge in [0.25, 0.3) is 0 Å². The van der Waals surface area contributed by atoms with E-state index in [-0.39, 0.29) is 5.60 Å². The average Bonchev–Trinajstić information content (AvgIpc) is 2.71. The molecule has 1 spiro atoms. The Kier molecular flexibility index (Phi) is 3.63. The predicted octanol–water partition coefficient (Wildman–Crippen LogP) is 3.69. The Balaban J connectivity index is 2.24. The second kappa shape index (κ2) is 4.64. The van der Waals surface area contributed by atoms with Crippen LogP contribution in [0.2, 0.25) is 0 Å². The third-order valence-corrected chi connectivity index (χ3v) is 5.14. The molecule has 0 unspecified atom stereocenters. The summed E-state index contributed by atoms with van der Waals surface area (Å²) in [5.74, 6) is 0.640. The van der Waals surface area contributed by atoms with Gasteiger partial charge in [0.05, 0.1) is 11.2 Å². The summed E-state index contributed by atoms with van der Waals surface area (Å²) in [6.07, 6.45) is 7.53. The number of hydrogen-bond acceptors (Lipinski definition) is 2. The Labute approximate surface area is 111 Å². The summed E-state index contributed by atoms with van der Waals surface area (Å²) in [6, 6.07) is 0. The lowest BCUT2D eigenvalue weighted by atomic mass is 9.60. The number of rotatable bonds is 2. The normalized spacial score (nSPS) is 41.2. The molecule has 2 fully saturated rings. The van der Waals surface area contributed by atoms with Gasteiger partial charge in [0.2, 0.25) is 0 Å². The summed E-state index contributed by atoms with van der Waals surface area (Å²) in [7, 11) is 0. The summed E-state index contributed by atoms with van der Waals surface area (Å²) in [4.78, 5) is 0. The van der Waals surface area contributed by atoms with Gasteiger partial charge in [-0.25, -0.2) is 0 Å². The summed E-state index contributed by atoms with van der Waals surface area (Å²) in [5, 5.41) is 11.0. The van der Waals surface area contributed by atoms with E-state index in [0.717, 1.165) is 38.7 Å². The molecular weight excluding hydrogens is 224 g/mol. The molecule has 0 amide bonds. The van der Waals surface area contributed by atoms with Crippen molar-refractivity contribution in [3.8, 4) is 0 Å². The molecule has 2 heteroatoms. The molecule has 0 radical (unpaired) electrons. The molecule has 3 atom stereocenters. The van der Waals surface area contributed by atoms with Gasteiger partial charge in [0, 0.05) is 6.61 Å². The Hall–Kier alpha value is -0.340. The van der Waals surface area contributed by atoms with Crippen LogP contribution in [0.3, 0.4) is 0 Å². The minimum absolute atomic E-state index is 0.300. The average molecular weight is 252 g/mol. The van der Waals surface area contributed by atoms with Crippen molar-refractivity contribution in [2.45, 2.75) is 70.5 Å². The van der Waals surface area contributed by atoms with E-state index in [1.807, 2.05) is 6.08 Å². The Morgan fingerprint density at radius 2 is 2.11 bits per heavy atom. The van der Waals surface area contributed by atoms with Gasteiger partial charge in [0.15, 0.2) is 0 Å². The minimum Gasteiger partial charge on any atom is -0.387 e. The van der Waals surface area contributed by atoms with Crippen molar-refractivity contribution in [1.29, 1.82) is 0 Å². The smallest absolute Gasteiger partial charge is 0.0974 e. The Morgan fingerprint density at radius 1 is 1.39 bits per heavy atom. The van der Waals surface area contributed by atoms with Crippen LogP contribution in [0.15, 0.2) is 12.7 Å². The molecule has 1 aliphatic carbocycles. The van der Waals surface area contributed by atoms with E-state index in [1.54, 1.807) is 0 Å². The van der Waals surface area contributed by atoms with Gasteiger partial charge in [-0.2, -0.15) is 0 Å². The van der Waals surface area contributed by atoms with Crippen molar-refractivity contribution in [3.05, 3.63) is 12.7 Å². The SMILES string of the molecule is C=CC[C@@]1(O)CC[C@H](C(C)(C)C)C[C@@]12CCCO2. The number of hydrogen-bond donors (Lipinski definition) is 1. The van der Waals surface area contributed by atoms with Crippen LogP contribution in [-0.4, -0.2) is 22.9 Å². The highest BCUT2D eigenvalue weighted by Crippen LogP contribution is 2.53. The summed E-state index contributed by atoms with van der Waals surface area (Å²) in [6.45, 7) is 11.5. The fraction of sp³-hybridized carbons (Fsp3) is 0.875. The monoisotopic (exact) mass is 252 g/mol. The standard InChI is InChI=1S/C16H28O2/c1-5-8-15(17)10-7-13(14(2,3)4)12-16(15)9-6-11-18-16/h5,13,17H,1,6-12H2,2-4H3/t13-,15+,16-/m0/s1. The molecule has 1 saturated heterocycles. The highest BCUT2D eigenvalue weighted by atomic mass is 16.5. The number of aliphatic hydroxyl groups is 1. The highest BCUT2D eigenvalue weighted by molar-refractivity contribution is 5.10. The number of ether oxygens (including phenoxy) is 1. The molecule has 0 aromatic heterocycles. The molecule has 0 bridgehead atoms. The van der Waals surface area contributed by atoms with Crippen LogP contribution in [0, 0.1) is 11.3 Å². The van der Waals surface area contributed by atoms with Gasteiger partial charge < -0.3 is 9.84 Å². The van der Waals surface area contributed by atoms with E-state index in [1.165, 1.54) is 0 Å². The van der Waals surface area contributed by atoms with Gasteiger partial charge >= 0.3 is 0 Å². The van der Waals surface area contributed by atoms with Crippen molar-refractivity contribution in [2.75, 3.05) is 6.61 Å². The molecular formula is C16H28O2. The first kappa shape index (κ1) is 14.1. The summed E-state index contributed by atoms with van der Waals surface area (Å²) < 4.78 is 6.08. The second-order valence-electron chi connectivity index (χ2n) is 7.28. The summed E-state index contributed by atoms with van der Waals surface area (Å²) >= 11 is 0. The van der Waals surface area contributed by atoms with Crippen LogP contribution >= 0.6 is 0 Å².